The van der Waals surface area contributed by atoms with Gasteiger partial charge in [-0.15, -0.1) is 0 Å². The maximum absolute atomic E-state index is 10.5. The molecule has 3 aromatic rings. The highest BCUT2D eigenvalue weighted by atomic mass is 16.5. The number of benzene rings is 1. The van der Waals surface area contributed by atoms with Gasteiger partial charge in [-0.05, 0) is 50.6 Å². The van der Waals surface area contributed by atoms with Gasteiger partial charge < -0.3 is 24.5 Å². The average Bonchev–Trinajstić information content (AvgIpc) is 3.14. The van der Waals surface area contributed by atoms with Gasteiger partial charge >= 0.3 is 0 Å². The van der Waals surface area contributed by atoms with Crippen LogP contribution in [0.5, 0.6) is 11.5 Å². The van der Waals surface area contributed by atoms with Crippen molar-refractivity contribution in [1.29, 1.82) is 5.26 Å². The number of nitrogens with one attached hydrogen (secondary N) is 1. The third kappa shape index (κ3) is 3.76. The van der Waals surface area contributed by atoms with Gasteiger partial charge in [0, 0.05) is 24.2 Å². The minimum Gasteiger partial charge on any atom is -0.507 e. The summed E-state index contributed by atoms with van der Waals surface area (Å²) in [6.45, 7) is 7.08. The highest BCUT2D eigenvalue weighted by molar-refractivity contribution is 5.83. The van der Waals surface area contributed by atoms with Crippen LogP contribution in [-0.2, 0) is 0 Å². The molecule has 3 heterocycles. The molecule has 8 nitrogen and oxygen atoms in total. The molecule has 0 aliphatic carbocycles. The first-order valence-electron chi connectivity index (χ1n) is 10.1. The number of aryl methyl sites for hydroxylation is 1. The van der Waals surface area contributed by atoms with Crippen LogP contribution in [0.4, 0.5) is 6.01 Å². The van der Waals surface area contributed by atoms with Crippen LogP contribution in [0.3, 0.4) is 0 Å². The van der Waals surface area contributed by atoms with Crippen molar-refractivity contribution in [3.05, 3.63) is 29.3 Å². The first-order valence-corrected chi connectivity index (χ1v) is 10.1. The largest absolute Gasteiger partial charge is 0.507 e. The number of phenols is 1. The molecule has 2 aromatic heterocycles. The number of anilines is 1. The molecule has 1 atom stereocenters. The van der Waals surface area contributed by atoms with Crippen molar-refractivity contribution in [3.63, 3.8) is 0 Å². The van der Waals surface area contributed by atoms with Crippen LogP contribution in [0.15, 0.2) is 22.6 Å². The van der Waals surface area contributed by atoms with Crippen LogP contribution in [0.25, 0.3) is 22.5 Å². The van der Waals surface area contributed by atoms with Crippen LogP contribution in [0.2, 0.25) is 0 Å². The molecule has 1 fully saturated rings. The van der Waals surface area contributed by atoms with Crippen LogP contribution >= 0.6 is 0 Å². The summed E-state index contributed by atoms with van der Waals surface area (Å²) in [6.07, 6.45) is 2.19. The Morgan fingerprint density at radius 1 is 1.37 bits per heavy atom. The number of hydrogen-bond acceptors (Lipinski definition) is 8. The number of phenolic OH excluding ortho intramolecular Hbond substituents is 1. The second-order valence-corrected chi connectivity index (χ2v) is 7.56. The zero-order chi connectivity index (χ0) is 21.3. The predicted octanol–water partition coefficient (Wildman–Crippen LogP) is 3.68. The zero-order valence-electron chi connectivity index (χ0n) is 17.4. The van der Waals surface area contributed by atoms with E-state index in [0.29, 0.717) is 39.8 Å². The Kier molecular flexibility index (Phi) is 5.46. The van der Waals surface area contributed by atoms with E-state index in [2.05, 4.69) is 27.1 Å². The quantitative estimate of drug-likeness (QED) is 0.659. The zero-order valence-corrected chi connectivity index (χ0v) is 17.4. The lowest BCUT2D eigenvalue weighted by Gasteiger charge is -2.31. The molecule has 30 heavy (non-hydrogen) atoms. The number of oxazole rings is 1. The van der Waals surface area contributed by atoms with Crippen molar-refractivity contribution in [2.75, 3.05) is 32.1 Å². The van der Waals surface area contributed by atoms with E-state index in [0.717, 1.165) is 38.0 Å². The molecule has 0 amide bonds. The lowest BCUT2D eigenvalue weighted by Crippen LogP contribution is -2.41. The third-order valence-electron chi connectivity index (χ3n) is 5.53. The fourth-order valence-corrected chi connectivity index (χ4v) is 4.03. The van der Waals surface area contributed by atoms with Crippen molar-refractivity contribution >= 4 is 17.2 Å². The summed E-state index contributed by atoms with van der Waals surface area (Å²) in [4.78, 5) is 11.5. The van der Waals surface area contributed by atoms with Crippen LogP contribution in [0.1, 0.15) is 30.9 Å². The number of pyridine rings is 1. The Hall–Kier alpha value is -3.31. The van der Waals surface area contributed by atoms with E-state index in [1.54, 1.807) is 19.2 Å². The number of likely N-dealkylation sites (N-methyl/N-ethyl adjacent to an activating group) is 1. The first-order chi connectivity index (χ1) is 14.5. The van der Waals surface area contributed by atoms with E-state index in [4.69, 9.17) is 14.4 Å². The van der Waals surface area contributed by atoms with Gasteiger partial charge in [0.2, 0.25) is 11.2 Å². The third-order valence-corrected chi connectivity index (χ3v) is 5.53. The summed E-state index contributed by atoms with van der Waals surface area (Å²) in [6, 6.07) is 7.58. The van der Waals surface area contributed by atoms with E-state index in [1.165, 1.54) is 6.07 Å². The van der Waals surface area contributed by atoms with Gasteiger partial charge in [-0.25, -0.2) is 4.98 Å². The molecular weight excluding hydrogens is 382 g/mol. The predicted molar refractivity (Wildman–Crippen MR) is 114 cm³/mol. The summed E-state index contributed by atoms with van der Waals surface area (Å²) in [5, 5.41) is 23.0. The van der Waals surface area contributed by atoms with E-state index in [1.807, 2.05) is 13.0 Å². The molecule has 0 unspecified atom stereocenters. The molecule has 2 N–H and O–H groups in total. The maximum atomic E-state index is 10.5. The van der Waals surface area contributed by atoms with Crippen LogP contribution in [-0.4, -0.2) is 52.8 Å². The number of aromatic nitrogens is 2. The van der Waals surface area contributed by atoms with Gasteiger partial charge in [-0.3, -0.25) is 0 Å². The Morgan fingerprint density at radius 3 is 2.90 bits per heavy atom. The van der Waals surface area contributed by atoms with Crippen molar-refractivity contribution in [1.82, 2.24) is 14.9 Å². The SMILES string of the molecule is CCN1CCC[C@@H](Nc2nc3nc(-c4c(C)cc(C#N)cc4O)cc(OC)c3o2)C1. The Bertz CT molecular complexity index is 1090. The summed E-state index contributed by atoms with van der Waals surface area (Å²) < 4.78 is 11.4. The van der Waals surface area contributed by atoms with Gasteiger partial charge in [-0.2, -0.15) is 10.2 Å². The molecule has 1 aliphatic rings. The summed E-state index contributed by atoms with van der Waals surface area (Å²) in [7, 11) is 1.56. The maximum Gasteiger partial charge on any atom is 0.297 e. The lowest BCUT2D eigenvalue weighted by atomic mass is 10.0. The number of likely N-dealkylation sites (tertiary alicyclic amines) is 1. The normalized spacial score (nSPS) is 17.1. The Morgan fingerprint density at radius 2 is 2.20 bits per heavy atom. The molecule has 0 spiro atoms. The fraction of sp³-hybridized carbons (Fsp3) is 0.409. The number of hydrogen-bond donors (Lipinski definition) is 2. The highest BCUT2D eigenvalue weighted by Crippen LogP contribution is 2.37. The van der Waals surface area contributed by atoms with Gasteiger partial charge in [0.15, 0.2) is 5.75 Å². The highest BCUT2D eigenvalue weighted by Gasteiger charge is 2.22. The van der Waals surface area contributed by atoms with E-state index in [-0.39, 0.29) is 11.8 Å². The summed E-state index contributed by atoms with van der Waals surface area (Å²) >= 11 is 0. The fourth-order valence-electron chi connectivity index (χ4n) is 4.03. The van der Waals surface area contributed by atoms with E-state index < -0.39 is 0 Å². The Labute approximate surface area is 175 Å². The molecule has 0 saturated carbocycles. The molecule has 0 radical (unpaired) electrons. The number of nitriles is 1. The molecule has 4 rings (SSSR count). The standard InChI is InChI=1S/C22H25N5O3/c1-4-27-7-5-6-15(12-27)24-22-26-21-20(30-22)18(29-3)10-16(25-21)19-13(2)8-14(11-23)9-17(19)28/h8-10,15,28H,4-7,12H2,1-3H3,(H,24,25,26)/t15-/m1/s1. The van der Waals surface area contributed by atoms with Gasteiger partial charge in [0.1, 0.15) is 5.75 Å². The van der Waals surface area contributed by atoms with Gasteiger partial charge in [-0.1, -0.05) is 6.92 Å². The lowest BCUT2D eigenvalue weighted by molar-refractivity contribution is 0.225. The number of fused-ring (bicyclic) bond motifs is 1. The average molecular weight is 407 g/mol. The van der Waals surface area contributed by atoms with Crippen molar-refractivity contribution in [3.8, 4) is 28.8 Å². The Balaban J connectivity index is 1.71. The summed E-state index contributed by atoms with van der Waals surface area (Å²) in [5.74, 6) is 0.474. The number of methoxy groups -OCH3 is 1. The molecular formula is C22H25N5O3. The second kappa shape index (κ2) is 8.20. The molecule has 8 heteroatoms. The molecule has 1 aromatic carbocycles. The number of rotatable bonds is 5. The molecule has 1 aliphatic heterocycles. The van der Waals surface area contributed by atoms with E-state index >= 15 is 0 Å². The van der Waals surface area contributed by atoms with Crippen LogP contribution < -0.4 is 10.1 Å². The smallest absolute Gasteiger partial charge is 0.297 e. The molecule has 1 saturated heterocycles. The topological polar surface area (TPSA) is 107 Å². The number of nitrogens with zero attached hydrogens (tertiary/aromatic N) is 4. The summed E-state index contributed by atoms with van der Waals surface area (Å²) in [5.41, 5.74) is 3.04. The number of ether oxygens (including phenoxy) is 1. The number of piperidine rings is 1. The van der Waals surface area contributed by atoms with Crippen LogP contribution in [0, 0.1) is 18.3 Å². The monoisotopic (exact) mass is 407 g/mol. The second-order valence-electron chi connectivity index (χ2n) is 7.56. The minimum absolute atomic E-state index is 0.0100. The molecule has 156 valence electrons. The van der Waals surface area contributed by atoms with Crippen molar-refractivity contribution in [2.24, 2.45) is 0 Å². The van der Waals surface area contributed by atoms with E-state index in [9.17, 15) is 5.11 Å². The number of aromatic hydroxyl groups is 1. The van der Waals surface area contributed by atoms with Gasteiger partial charge in [0.25, 0.3) is 6.01 Å². The first kappa shape index (κ1) is 20.0. The minimum atomic E-state index is -0.0100. The molecule has 0 bridgehead atoms. The van der Waals surface area contributed by atoms with Gasteiger partial charge in [0.05, 0.1) is 24.4 Å². The van der Waals surface area contributed by atoms with Crippen molar-refractivity contribution < 1.29 is 14.3 Å². The van der Waals surface area contributed by atoms with Crippen molar-refractivity contribution in [2.45, 2.75) is 32.7 Å².